The molecule has 15 nitrogen and oxygen atoms in total. The van der Waals surface area contributed by atoms with Crippen molar-refractivity contribution >= 4 is 27.6 Å². The second-order valence-corrected chi connectivity index (χ2v) is 18.2. The fraction of sp³-hybridized carbons (Fsp3) is 0.778. The first-order valence-corrected chi connectivity index (χ1v) is 25.9. The van der Waals surface area contributed by atoms with Crippen molar-refractivity contribution < 1.29 is 71.4 Å². The maximum Gasteiger partial charge on any atom is 0.305 e. The van der Waals surface area contributed by atoms with Crippen LogP contribution in [0.3, 0.4) is 0 Å². The third-order valence-electron chi connectivity index (χ3n) is 9.24. The van der Waals surface area contributed by atoms with Gasteiger partial charge in [-0.25, -0.2) is 0 Å². The van der Waals surface area contributed by atoms with Crippen LogP contribution >= 0.6 is 15.6 Å². The van der Waals surface area contributed by atoms with Gasteiger partial charge in [0.05, 0.1) is 26.4 Å². The second kappa shape index (κ2) is 41.7. The number of hydrogen-bond acceptors (Lipinski definition) is 15. The molecule has 362 valence electrons. The first kappa shape index (κ1) is 60.0. The Labute approximate surface area is 372 Å². The fourth-order valence-electron chi connectivity index (χ4n) is 5.61. The largest absolute Gasteiger partial charge is 0.756 e. The molecule has 2 unspecified atom stereocenters. The molecular weight excluding hydrogens is 842 g/mol. The van der Waals surface area contributed by atoms with Gasteiger partial charge >= 0.3 is 11.9 Å². The minimum absolute atomic E-state index is 0.163. The van der Waals surface area contributed by atoms with Crippen LogP contribution in [0.4, 0.5) is 0 Å². The lowest BCUT2D eigenvalue weighted by Crippen LogP contribution is -2.28. The Morgan fingerprint density at radius 3 is 1.03 bits per heavy atom. The molecule has 0 fully saturated rings. The number of unbranched alkanes of at least 4 members (excludes halogenated alkanes) is 16. The molecule has 0 aromatic rings. The molecule has 3 N–H and O–H groups in total. The minimum atomic E-state index is -5.05. The van der Waals surface area contributed by atoms with E-state index in [2.05, 4.69) is 80.6 Å². The summed E-state index contributed by atoms with van der Waals surface area (Å²) in [5.41, 5.74) is 0. The van der Waals surface area contributed by atoms with E-state index in [1.807, 2.05) is 0 Å². The normalized spacial score (nSPS) is 15.7. The molecule has 0 aromatic carbocycles. The molecule has 0 saturated carbocycles. The maximum atomic E-state index is 12.0. The smallest absolute Gasteiger partial charge is 0.305 e. The van der Waals surface area contributed by atoms with Gasteiger partial charge < -0.3 is 52.7 Å². The lowest BCUT2D eigenvalue weighted by molar-refractivity contribution is -0.232. The number of esters is 2. The van der Waals surface area contributed by atoms with E-state index in [0.29, 0.717) is 12.8 Å². The van der Waals surface area contributed by atoms with Crippen LogP contribution in [0.25, 0.3) is 0 Å². The van der Waals surface area contributed by atoms with Crippen molar-refractivity contribution in [3.8, 4) is 0 Å². The van der Waals surface area contributed by atoms with Crippen molar-refractivity contribution in [3.05, 3.63) is 48.6 Å². The third kappa shape index (κ3) is 43.3. The minimum Gasteiger partial charge on any atom is -0.756 e. The summed E-state index contributed by atoms with van der Waals surface area (Å²) in [4.78, 5) is 48.0. The summed E-state index contributed by atoms with van der Waals surface area (Å²) in [6, 6.07) is 0. The van der Waals surface area contributed by atoms with Gasteiger partial charge in [0.2, 0.25) is 0 Å². The molecule has 0 spiro atoms. The van der Waals surface area contributed by atoms with Crippen LogP contribution in [0.2, 0.25) is 0 Å². The summed E-state index contributed by atoms with van der Waals surface area (Å²) >= 11 is 0. The highest BCUT2D eigenvalue weighted by molar-refractivity contribution is 7.46. The van der Waals surface area contributed by atoms with Gasteiger partial charge in [0.25, 0.3) is 15.6 Å². The van der Waals surface area contributed by atoms with Gasteiger partial charge in [0.1, 0.15) is 31.5 Å². The first-order valence-electron chi connectivity index (χ1n) is 23.0. The molecular formula is C45H80O15P2-2. The predicted molar refractivity (Wildman–Crippen MR) is 238 cm³/mol. The molecule has 4 atom stereocenters. The number of rotatable bonds is 44. The van der Waals surface area contributed by atoms with Gasteiger partial charge in [-0.2, -0.15) is 0 Å². The van der Waals surface area contributed by atoms with E-state index in [0.717, 1.165) is 89.9 Å². The van der Waals surface area contributed by atoms with Gasteiger partial charge in [0, 0.05) is 12.8 Å². The summed E-state index contributed by atoms with van der Waals surface area (Å²) in [7, 11) is -10.1. The first-order chi connectivity index (χ1) is 29.8. The maximum absolute atomic E-state index is 12.0. The highest BCUT2D eigenvalue weighted by Crippen LogP contribution is 2.40. The van der Waals surface area contributed by atoms with Gasteiger partial charge in [-0.3, -0.25) is 18.7 Å². The summed E-state index contributed by atoms with van der Waals surface area (Å²) in [6.45, 7) is -0.0797. The summed E-state index contributed by atoms with van der Waals surface area (Å²) in [6.07, 6.45) is 36.3. The topological polar surface area (TPSA) is 230 Å². The Morgan fingerprint density at radius 2 is 0.710 bits per heavy atom. The number of ether oxygens (including phenoxy) is 2. The van der Waals surface area contributed by atoms with Crippen molar-refractivity contribution in [1.29, 1.82) is 0 Å². The van der Waals surface area contributed by atoms with Crippen molar-refractivity contribution in [2.24, 2.45) is 0 Å². The number of carbonyl (C=O) groups is 2. The number of phosphoric acid groups is 2. The van der Waals surface area contributed by atoms with Crippen LogP contribution in [0.15, 0.2) is 48.6 Å². The van der Waals surface area contributed by atoms with Crippen molar-refractivity contribution in [1.82, 2.24) is 0 Å². The Kier molecular flexibility index (Phi) is 40.3. The molecule has 0 saturated heterocycles. The zero-order chi connectivity index (χ0) is 46.0. The predicted octanol–water partition coefficient (Wildman–Crippen LogP) is 8.79. The van der Waals surface area contributed by atoms with Crippen molar-refractivity contribution in [2.45, 2.75) is 186 Å². The molecule has 0 aromatic heterocycles. The molecule has 0 amide bonds. The SMILES string of the molecule is CCCCC/C=C\C/C=C\CCCCCCCC(=O)OC[C@@H](O)COP(=O)([O-])OCC(O)COP(=O)([O-])OC[C@H](O)COC(=O)CCCCCCC/C=C\C/C=C\CCCCC. The second-order valence-electron chi connectivity index (χ2n) is 15.4. The van der Waals surface area contributed by atoms with Crippen LogP contribution in [0.1, 0.15) is 168 Å². The number of aliphatic hydroxyl groups excluding tert-OH is 3. The lowest BCUT2D eigenvalue weighted by atomic mass is 10.1. The molecule has 0 rings (SSSR count). The highest BCUT2D eigenvalue weighted by atomic mass is 31.2. The third-order valence-corrected chi connectivity index (χ3v) is 11.1. The average molecular weight is 923 g/mol. The quantitative estimate of drug-likeness (QED) is 0.0224. The molecule has 62 heavy (non-hydrogen) atoms. The van der Waals surface area contributed by atoms with E-state index in [1.54, 1.807) is 0 Å². The molecule has 0 bridgehead atoms. The summed E-state index contributed by atoms with van der Waals surface area (Å²) < 4.78 is 52.1. The fourth-order valence-corrected chi connectivity index (χ4v) is 7.18. The average Bonchev–Trinajstić information content (AvgIpc) is 3.24. The molecule has 0 aliphatic heterocycles. The van der Waals surface area contributed by atoms with Crippen molar-refractivity contribution in [3.63, 3.8) is 0 Å². The molecule has 0 radical (unpaired) electrons. The van der Waals surface area contributed by atoms with Gasteiger partial charge in [-0.1, -0.05) is 127 Å². The van der Waals surface area contributed by atoms with Gasteiger partial charge in [-0.15, -0.1) is 0 Å². The van der Waals surface area contributed by atoms with Gasteiger partial charge in [0.15, 0.2) is 0 Å². The van der Waals surface area contributed by atoms with E-state index in [4.69, 9.17) is 9.47 Å². The summed E-state index contributed by atoms with van der Waals surface area (Å²) in [5.74, 6) is -1.06. The van der Waals surface area contributed by atoms with Crippen LogP contribution in [-0.4, -0.2) is 85.2 Å². The number of hydrogen-bond donors (Lipinski definition) is 3. The summed E-state index contributed by atoms with van der Waals surface area (Å²) in [5, 5.41) is 29.8. The van der Waals surface area contributed by atoms with E-state index in [-0.39, 0.29) is 12.8 Å². The zero-order valence-electron chi connectivity index (χ0n) is 37.7. The number of aliphatic hydroxyl groups is 3. The molecule has 0 aliphatic carbocycles. The Bertz CT molecular complexity index is 1210. The zero-order valence-corrected chi connectivity index (χ0v) is 39.5. The number of phosphoric ester groups is 2. The van der Waals surface area contributed by atoms with E-state index < -0.39 is 85.5 Å². The molecule has 17 heteroatoms. The van der Waals surface area contributed by atoms with Gasteiger partial charge in [-0.05, 0) is 77.0 Å². The highest BCUT2D eigenvalue weighted by Gasteiger charge is 2.20. The Hall–Kier alpha value is -2.00. The Balaban J connectivity index is 3.94. The number of carbonyl (C=O) groups excluding carboxylic acids is 2. The monoisotopic (exact) mass is 922 g/mol. The van der Waals surface area contributed by atoms with Crippen molar-refractivity contribution in [2.75, 3.05) is 39.6 Å². The number of allylic oxidation sites excluding steroid dienone is 8. The van der Waals surface area contributed by atoms with Crippen LogP contribution in [0.5, 0.6) is 0 Å². The van der Waals surface area contributed by atoms with E-state index >= 15 is 0 Å². The van der Waals surface area contributed by atoms with E-state index in [9.17, 15) is 43.8 Å². The Morgan fingerprint density at radius 1 is 0.435 bits per heavy atom. The van der Waals surface area contributed by atoms with E-state index in [1.165, 1.54) is 38.5 Å². The molecule has 0 aliphatic rings. The van der Waals surface area contributed by atoms with Crippen LogP contribution in [-0.2, 0) is 46.3 Å². The van der Waals surface area contributed by atoms with Crippen LogP contribution < -0.4 is 9.79 Å². The lowest BCUT2D eigenvalue weighted by Gasteiger charge is -2.27. The van der Waals surface area contributed by atoms with Crippen LogP contribution in [0, 0.1) is 0 Å². The molecule has 0 heterocycles. The standard InChI is InChI=1S/C45H82O15P2/c1-3-5-7-9-11-13-15-17-19-21-23-25-27-29-31-33-44(49)55-35-41(46)37-57-61(51,52)59-39-43(48)40-60-62(53,54)58-38-42(47)36-56-45(50)34-32-30-28-26-24-22-20-18-16-14-12-10-8-6-4-2/h11-14,17-20,41-43,46-48H,3-10,15-16,21-40H2,1-2H3,(H,51,52)(H,53,54)/p-2/b13-11-,14-12-,19-17-,20-18-/t41-,42-/m1/s1.